The summed E-state index contributed by atoms with van der Waals surface area (Å²) in [5.41, 5.74) is 0.0460. The van der Waals surface area contributed by atoms with Crippen molar-refractivity contribution in [3.05, 3.63) is 58.9 Å². The molecule has 0 aliphatic heterocycles. The Hall–Kier alpha value is -2.07. The summed E-state index contributed by atoms with van der Waals surface area (Å²) in [7, 11) is 0. The van der Waals surface area contributed by atoms with Crippen LogP contribution in [-0.2, 0) is 0 Å². The third-order valence-corrected chi connectivity index (χ3v) is 2.52. The van der Waals surface area contributed by atoms with E-state index >= 15 is 0 Å². The Labute approximate surface area is 107 Å². The molecule has 0 aliphatic carbocycles. The third kappa shape index (κ3) is 2.78. The minimum Gasteiger partial charge on any atom is -0.545 e. The molecule has 0 aromatic heterocycles. The molecule has 0 amide bonds. The Morgan fingerprint density at radius 2 is 1.72 bits per heavy atom. The summed E-state index contributed by atoms with van der Waals surface area (Å²) in [6.45, 7) is 0. The number of hydrogen-bond donors (Lipinski definition) is 0. The molecular weight excluding hydrogens is 259 g/mol. The summed E-state index contributed by atoms with van der Waals surface area (Å²) < 4.78 is 18.5. The van der Waals surface area contributed by atoms with Crippen molar-refractivity contribution in [1.82, 2.24) is 0 Å². The second kappa shape index (κ2) is 5.06. The van der Waals surface area contributed by atoms with Gasteiger partial charge in [-0.3, -0.25) is 0 Å². The lowest BCUT2D eigenvalue weighted by Gasteiger charge is -2.07. The van der Waals surface area contributed by atoms with Gasteiger partial charge in [0.2, 0.25) is 0 Å². The van der Waals surface area contributed by atoms with E-state index in [4.69, 9.17) is 16.3 Å². The Kier molecular flexibility index (Phi) is 3.48. The molecule has 0 N–H and O–H groups in total. The average molecular weight is 266 g/mol. The molecule has 0 saturated heterocycles. The highest BCUT2D eigenvalue weighted by atomic mass is 35.5. The molecule has 0 fully saturated rings. The minimum absolute atomic E-state index is 0.00893. The van der Waals surface area contributed by atoms with E-state index in [9.17, 15) is 14.3 Å². The lowest BCUT2D eigenvalue weighted by atomic mass is 10.2. The van der Waals surface area contributed by atoms with Gasteiger partial charge in [0.25, 0.3) is 0 Å². The van der Waals surface area contributed by atoms with E-state index in [1.165, 1.54) is 36.4 Å². The van der Waals surface area contributed by atoms with Crippen LogP contribution in [0.4, 0.5) is 4.39 Å². The zero-order valence-electron chi connectivity index (χ0n) is 9.02. The van der Waals surface area contributed by atoms with Gasteiger partial charge in [0.05, 0.1) is 11.0 Å². The van der Waals surface area contributed by atoms with E-state index in [1.807, 2.05) is 0 Å². The molecule has 0 bridgehead atoms. The van der Waals surface area contributed by atoms with Gasteiger partial charge >= 0.3 is 0 Å². The van der Waals surface area contributed by atoms with Crippen LogP contribution < -0.4 is 9.84 Å². The zero-order valence-corrected chi connectivity index (χ0v) is 9.78. The molecule has 0 saturated carbocycles. The first-order valence-electron chi connectivity index (χ1n) is 5.00. The van der Waals surface area contributed by atoms with Gasteiger partial charge in [0, 0.05) is 6.07 Å². The van der Waals surface area contributed by atoms with Crippen LogP contribution in [0.5, 0.6) is 11.5 Å². The zero-order chi connectivity index (χ0) is 13.1. The summed E-state index contributed by atoms with van der Waals surface area (Å²) in [6, 6.07) is 9.64. The van der Waals surface area contributed by atoms with Crippen LogP contribution in [0.1, 0.15) is 10.4 Å². The molecule has 0 spiro atoms. The van der Waals surface area contributed by atoms with Crippen LogP contribution in [0.25, 0.3) is 0 Å². The summed E-state index contributed by atoms with van der Waals surface area (Å²) in [6.07, 6.45) is 0. The van der Waals surface area contributed by atoms with Crippen LogP contribution in [0, 0.1) is 5.82 Å². The second-order valence-corrected chi connectivity index (χ2v) is 3.90. The molecule has 3 nitrogen and oxygen atoms in total. The van der Waals surface area contributed by atoms with Crippen molar-refractivity contribution in [1.29, 1.82) is 0 Å². The highest BCUT2D eigenvalue weighted by Gasteiger charge is 2.03. The van der Waals surface area contributed by atoms with Crippen LogP contribution in [0.2, 0.25) is 5.02 Å². The molecule has 2 aromatic rings. The summed E-state index contributed by atoms with van der Waals surface area (Å²) >= 11 is 5.54. The molecule has 5 heteroatoms. The van der Waals surface area contributed by atoms with E-state index in [2.05, 4.69) is 0 Å². The van der Waals surface area contributed by atoms with Crippen molar-refractivity contribution in [3.8, 4) is 11.5 Å². The van der Waals surface area contributed by atoms with E-state index in [1.54, 1.807) is 0 Å². The summed E-state index contributed by atoms with van der Waals surface area (Å²) in [5, 5.41) is 10.5. The Morgan fingerprint density at radius 3 is 2.28 bits per heavy atom. The first-order chi connectivity index (χ1) is 8.56. The highest BCUT2D eigenvalue weighted by molar-refractivity contribution is 6.30. The van der Waals surface area contributed by atoms with Gasteiger partial charge in [-0.2, -0.15) is 0 Å². The topological polar surface area (TPSA) is 49.4 Å². The van der Waals surface area contributed by atoms with Crippen molar-refractivity contribution < 1.29 is 19.0 Å². The van der Waals surface area contributed by atoms with Gasteiger partial charge in [0.1, 0.15) is 17.3 Å². The maximum atomic E-state index is 13.2. The smallest absolute Gasteiger partial charge is 0.145 e. The van der Waals surface area contributed by atoms with E-state index < -0.39 is 11.8 Å². The number of halogens is 2. The molecule has 0 atom stereocenters. The van der Waals surface area contributed by atoms with Crippen LogP contribution in [-0.4, -0.2) is 5.97 Å². The number of aromatic carboxylic acids is 1. The highest BCUT2D eigenvalue weighted by Crippen LogP contribution is 2.25. The molecule has 0 radical (unpaired) electrons. The van der Waals surface area contributed by atoms with Gasteiger partial charge in [-0.1, -0.05) is 11.6 Å². The maximum absolute atomic E-state index is 13.2. The largest absolute Gasteiger partial charge is 0.545 e. The standard InChI is InChI=1S/C13H8ClFO3/c14-11-6-5-10(7-12(11)15)18-9-3-1-8(2-4-9)13(16)17/h1-7H,(H,16,17)/p-1. The number of carboxylic acids is 1. The molecule has 0 heterocycles. The number of benzene rings is 2. The minimum atomic E-state index is -1.26. The summed E-state index contributed by atoms with van der Waals surface area (Å²) in [4.78, 5) is 10.5. The van der Waals surface area contributed by atoms with Crippen molar-refractivity contribution in [3.63, 3.8) is 0 Å². The Bertz CT molecular complexity index is 581. The van der Waals surface area contributed by atoms with Crippen molar-refractivity contribution >= 4 is 17.6 Å². The monoisotopic (exact) mass is 265 g/mol. The second-order valence-electron chi connectivity index (χ2n) is 3.49. The van der Waals surface area contributed by atoms with Gasteiger partial charge in [-0.05, 0) is 42.0 Å². The number of ether oxygens (including phenoxy) is 1. The lowest BCUT2D eigenvalue weighted by molar-refractivity contribution is -0.255. The molecule has 0 aliphatic rings. The number of carboxylic acid groups (broad SMARTS) is 1. The van der Waals surface area contributed by atoms with Crippen molar-refractivity contribution in [2.75, 3.05) is 0 Å². The van der Waals surface area contributed by atoms with Crippen LogP contribution in [0.3, 0.4) is 0 Å². The molecule has 2 aromatic carbocycles. The van der Waals surface area contributed by atoms with Crippen molar-refractivity contribution in [2.45, 2.75) is 0 Å². The molecular formula is C13H7ClFO3-. The number of carbonyl (C=O) groups excluding carboxylic acids is 1. The van der Waals surface area contributed by atoms with E-state index in [0.717, 1.165) is 6.07 Å². The lowest BCUT2D eigenvalue weighted by Crippen LogP contribution is -2.21. The normalized spacial score (nSPS) is 10.1. The first-order valence-corrected chi connectivity index (χ1v) is 5.38. The summed E-state index contributed by atoms with van der Waals surface area (Å²) in [5.74, 6) is -1.18. The predicted molar refractivity (Wildman–Crippen MR) is 62.3 cm³/mol. The average Bonchev–Trinajstić information content (AvgIpc) is 2.34. The number of rotatable bonds is 3. The fourth-order valence-electron chi connectivity index (χ4n) is 1.34. The van der Waals surface area contributed by atoms with E-state index in [0.29, 0.717) is 5.75 Å². The molecule has 2 rings (SSSR count). The van der Waals surface area contributed by atoms with Crippen LogP contribution in [0.15, 0.2) is 42.5 Å². The number of hydrogen-bond acceptors (Lipinski definition) is 3. The quantitative estimate of drug-likeness (QED) is 0.857. The maximum Gasteiger partial charge on any atom is 0.145 e. The Balaban J connectivity index is 2.18. The van der Waals surface area contributed by atoms with E-state index in [-0.39, 0.29) is 16.3 Å². The van der Waals surface area contributed by atoms with Gasteiger partial charge < -0.3 is 14.6 Å². The van der Waals surface area contributed by atoms with Gasteiger partial charge in [-0.15, -0.1) is 0 Å². The molecule has 92 valence electrons. The van der Waals surface area contributed by atoms with Gasteiger partial charge in [-0.25, -0.2) is 4.39 Å². The fourth-order valence-corrected chi connectivity index (χ4v) is 1.45. The number of carbonyl (C=O) groups is 1. The van der Waals surface area contributed by atoms with Crippen LogP contribution >= 0.6 is 11.6 Å². The molecule has 0 unspecified atom stereocenters. The SMILES string of the molecule is O=C([O-])c1ccc(Oc2ccc(Cl)c(F)c2)cc1. The first kappa shape index (κ1) is 12.4. The van der Waals surface area contributed by atoms with Gasteiger partial charge in [0.15, 0.2) is 0 Å². The fraction of sp³-hybridized carbons (Fsp3) is 0. The molecule has 18 heavy (non-hydrogen) atoms. The Morgan fingerprint density at radius 1 is 1.11 bits per heavy atom. The predicted octanol–water partition coefficient (Wildman–Crippen LogP) is 2.63. The third-order valence-electron chi connectivity index (χ3n) is 2.22. The van der Waals surface area contributed by atoms with Crippen molar-refractivity contribution in [2.24, 2.45) is 0 Å².